The van der Waals surface area contributed by atoms with Crippen molar-refractivity contribution < 1.29 is 9.53 Å². The predicted molar refractivity (Wildman–Crippen MR) is 97.6 cm³/mol. The van der Waals surface area contributed by atoms with Crippen molar-refractivity contribution in [2.75, 3.05) is 18.4 Å². The van der Waals surface area contributed by atoms with Crippen LogP contribution in [0.1, 0.15) is 33.6 Å². The average Bonchev–Trinajstić information content (AvgIpc) is 2.79. The van der Waals surface area contributed by atoms with Crippen molar-refractivity contribution in [2.45, 2.75) is 45.3 Å². The fraction of sp³-hybridized carbons (Fsp3) is 0.588. The number of nitrogens with zero attached hydrogens (tertiary/aromatic N) is 4. The molecule has 1 N–H and O–H groups in total. The number of ether oxygens (including phenoxy) is 1. The second-order valence-electron chi connectivity index (χ2n) is 8.16. The Morgan fingerprint density at radius 3 is 2.80 bits per heavy atom. The first-order chi connectivity index (χ1) is 11.7. The number of likely N-dealkylation sites (tertiary alicyclic amines) is 1. The van der Waals surface area contributed by atoms with Crippen molar-refractivity contribution in [3.63, 3.8) is 0 Å². The van der Waals surface area contributed by atoms with E-state index in [9.17, 15) is 4.79 Å². The highest BCUT2D eigenvalue weighted by Gasteiger charge is 2.54. The lowest BCUT2D eigenvalue weighted by Gasteiger charge is -2.58. The van der Waals surface area contributed by atoms with Gasteiger partial charge < -0.3 is 15.0 Å². The maximum Gasteiger partial charge on any atom is 0.410 e. The van der Waals surface area contributed by atoms with Crippen LogP contribution in [0, 0.1) is 5.41 Å². The summed E-state index contributed by atoms with van der Waals surface area (Å²) < 4.78 is 8.21. The van der Waals surface area contributed by atoms with E-state index in [1.807, 2.05) is 33.0 Å². The van der Waals surface area contributed by atoms with E-state index in [0.29, 0.717) is 12.0 Å². The summed E-state index contributed by atoms with van der Waals surface area (Å²) >= 11 is 3.47. The molecule has 1 aliphatic carbocycles. The molecule has 0 atom stereocenters. The minimum absolute atomic E-state index is 0.207. The topological polar surface area (TPSA) is 71.8 Å². The molecule has 8 heteroatoms. The van der Waals surface area contributed by atoms with Crippen molar-refractivity contribution in [3.05, 3.63) is 22.9 Å². The van der Waals surface area contributed by atoms with Crippen molar-refractivity contribution in [2.24, 2.45) is 5.41 Å². The maximum atomic E-state index is 12.0. The normalized spacial score (nSPS) is 19.6. The highest BCUT2D eigenvalue weighted by Crippen LogP contribution is 2.49. The van der Waals surface area contributed by atoms with Crippen LogP contribution in [0.2, 0.25) is 0 Å². The lowest BCUT2D eigenvalue weighted by atomic mass is 9.61. The Kier molecular flexibility index (Phi) is 3.72. The Morgan fingerprint density at radius 2 is 2.12 bits per heavy atom. The summed E-state index contributed by atoms with van der Waals surface area (Å²) in [5.41, 5.74) is 0.755. The highest BCUT2D eigenvalue weighted by molar-refractivity contribution is 9.10. The average molecular weight is 408 g/mol. The lowest BCUT2D eigenvalue weighted by Crippen LogP contribution is -2.66. The quantitative estimate of drug-likeness (QED) is 0.826. The third kappa shape index (κ3) is 3.19. The van der Waals surface area contributed by atoms with Crippen molar-refractivity contribution in [3.8, 4) is 0 Å². The van der Waals surface area contributed by atoms with Crippen molar-refractivity contribution >= 4 is 33.5 Å². The summed E-state index contributed by atoms with van der Waals surface area (Å²) in [5.74, 6) is 0.638. The van der Waals surface area contributed by atoms with Crippen LogP contribution in [-0.4, -0.2) is 50.3 Å². The van der Waals surface area contributed by atoms with Crippen LogP contribution in [0.25, 0.3) is 5.52 Å². The Balaban J connectivity index is 1.29. The van der Waals surface area contributed by atoms with Crippen LogP contribution in [0.3, 0.4) is 0 Å². The monoisotopic (exact) mass is 407 g/mol. The number of amides is 1. The Labute approximate surface area is 154 Å². The van der Waals surface area contributed by atoms with E-state index in [2.05, 4.69) is 31.3 Å². The van der Waals surface area contributed by atoms with Gasteiger partial charge in [-0.05, 0) is 55.6 Å². The van der Waals surface area contributed by atoms with E-state index in [1.165, 1.54) is 0 Å². The van der Waals surface area contributed by atoms with Gasteiger partial charge in [0.15, 0.2) is 0 Å². The zero-order chi connectivity index (χ0) is 17.8. The first kappa shape index (κ1) is 16.6. The second-order valence-corrected chi connectivity index (χ2v) is 9.02. The molecule has 7 nitrogen and oxygen atoms in total. The van der Waals surface area contributed by atoms with Crippen LogP contribution in [0.5, 0.6) is 0 Å². The Morgan fingerprint density at radius 1 is 1.40 bits per heavy atom. The molecule has 134 valence electrons. The van der Waals surface area contributed by atoms with Gasteiger partial charge in [-0.2, -0.15) is 0 Å². The predicted octanol–water partition coefficient (Wildman–Crippen LogP) is 3.30. The molecule has 1 saturated heterocycles. The van der Waals surface area contributed by atoms with E-state index >= 15 is 0 Å². The molecule has 1 spiro atoms. The van der Waals surface area contributed by atoms with E-state index in [-0.39, 0.29) is 11.5 Å². The highest BCUT2D eigenvalue weighted by atomic mass is 79.9. The first-order valence-electron chi connectivity index (χ1n) is 8.47. The largest absolute Gasteiger partial charge is 0.444 e. The van der Waals surface area contributed by atoms with Gasteiger partial charge in [0.25, 0.3) is 0 Å². The molecule has 0 unspecified atom stereocenters. The number of carbonyl (C=O) groups is 1. The summed E-state index contributed by atoms with van der Waals surface area (Å²) in [6.45, 7) is 7.24. The smallest absolute Gasteiger partial charge is 0.410 e. The lowest BCUT2D eigenvalue weighted by molar-refractivity contribution is -0.0739. The molecular formula is C17H22BrN5O2. The maximum absolute atomic E-state index is 12.0. The van der Waals surface area contributed by atoms with Gasteiger partial charge in [-0.25, -0.2) is 14.3 Å². The Hall–Kier alpha value is -1.83. The molecule has 3 heterocycles. The van der Waals surface area contributed by atoms with E-state index in [0.717, 1.165) is 35.9 Å². The Bertz CT molecular complexity index is 814. The third-order valence-corrected chi connectivity index (χ3v) is 5.43. The van der Waals surface area contributed by atoms with Crippen molar-refractivity contribution in [1.82, 2.24) is 19.5 Å². The van der Waals surface area contributed by atoms with Gasteiger partial charge in [-0.1, -0.05) is 0 Å². The molecule has 1 amide bonds. The first-order valence-corrected chi connectivity index (χ1v) is 9.27. The zero-order valence-electron chi connectivity index (χ0n) is 14.6. The van der Waals surface area contributed by atoms with Gasteiger partial charge in [0, 0.05) is 35.2 Å². The van der Waals surface area contributed by atoms with Crippen LogP contribution in [0.4, 0.5) is 10.7 Å². The standard InChI is InChI=1S/C17H22BrN5O2/c1-16(2,3)25-15(24)22-9-17(10-22)6-11(7-17)20-14-19-8-13-12(18)4-5-23(13)21-14/h4-5,8,11H,6-7,9-10H2,1-3H3,(H,20,21). The summed E-state index contributed by atoms with van der Waals surface area (Å²) in [7, 11) is 0. The number of nitrogens with one attached hydrogen (secondary N) is 1. The third-order valence-electron chi connectivity index (χ3n) is 4.76. The minimum Gasteiger partial charge on any atom is -0.444 e. The summed E-state index contributed by atoms with van der Waals surface area (Å²) in [5, 5.41) is 7.87. The second kappa shape index (κ2) is 5.59. The van der Waals surface area contributed by atoms with Crippen LogP contribution >= 0.6 is 15.9 Å². The summed E-state index contributed by atoms with van der Waals surface area (Å²) in [4.78, 5) is 18.2. The van der Waals surface area contributed by atoms with E-state index in [1.54, 1.807) is 15.6 Å². The molecule has 0 radical (unpaired) electrons. The van der Waals surface area contributed by atoms with Crippen LogP contribution in [-0.2, 0) is 4.74 Å². The molecule has 2 fully saturated rings. The molecule has 1 aliphatic heterocycles. The van der Waals surface area contributed by atoms with Gasteiger partial charge in [0.1, 0.15) is 5.60 Å². The number of fused-ring (bicyclic) bond motifs is 1. The number of carbonyl (C=O) groups excluding carboxylic acids is 1. The fourth-order valence-corrected chi connectivity index (χ4v) is 4.09. The molecule has 25 heavy (non-hydrogen) atoms. The number of rotatable bonds is 2. The number of hydrogen-bond acceptors (Lipinski definition) is 5. The molecule has 4 rings (SSSR count). The SMILES string of the molecule is CC(C)(C)OC(=O)N1CC2(CC(Nc3ncc4c(Br)ccn4n3)C2)C1. The van der Waals surface area contributed by atoms with Gasteiger partial charge in [-0.15, -0.1) is 5.10 Å². The van der Waals surface area contributed by atoms with Gasteiger partial charge in [-0.3, -0.25) is 0 Å². The molecular weight excluding hydrogens is 386 g/mol. The molecule has 2 aliphatic rings. The molecule has 0 bridgehead atoms. The van der Waals surface area contributed by atoms with Crippen LogP contribution in [0.15, 0.2) is 22.9 Å². The van der Waals surface area contributed by atoms with Gasteiger partial charge in [0.2, 0.25) is 5.95 Å². The van der Waals surface area contributed by atoms with Crippen LogP contribution < -0.4 is 5.32 Å². The summed E-state index contributed by atoms with van der Waals surface area (Å²) in [6, 6.07) is 2.31. The molecule has 2 aromatic rings. The number of anilines is 1. The molecule has 1 saturated carbocycles. The van der Waals surface area contributed by atoms with Gasteiger partial charge in [0.05, 0.1) is 11.7 Å². The summed E-state index contributed by atoms with van der Waals surface area (Å²) in [6.07, 6.45) is 5.56. The number of hydrogen-bond donors (Lipinski definition) is 1. The van der Waals surface area contributed by atoms with E-state index < -0.39 is 5.60 Å². The van der Waals surface area contributed by atoms with E-state index in [4.69, 9.17) is 4.74 Å². The molecule has 0 aromatic carbocycles. The minimum atomic E-state index is -0.438. The zero-order valence-corrected chi connectivity index (χ0v) is 16.2. The molecule has 2 aromatic heterocycles. The van der Waals surface area contributed by atoms with Gasteiger partial charge >= 0.3 is 6.09 Å². The number of halogens is 1. The fourth-order valence-electron chi connectivity index (χ4n) is 3.68. The van der Waals surface area contributed by atoms with Crippen molar-refractivity contribution in [1.29, 1.82) is 0 Å². The number of aromatic nitrogens is 3.